The largest absolute Gasteiger partial charge is 0.364 e. The van der Waals surface area contributed by atoms with Gasteiger partial charge in [0.2, 0.25) is 0 Å². The van der Waals surface area contributed by atoms with Crippen LogP contribution in [0.15, 0.2) is 56.2 Å². The van der Waals surface area contributed by atoms with Crippen molar-refractivity contribution < 1.29 is 0 Å². The van der Waals surface area contributed by atoms with Gasteiger partial charge in [0.05, 0.1) is 0 Å². The molecule has 0 spiro atoms. The van der Waals surface area contributed by atoms with Gasteiger partial charge >= 0.3 is 0 Å². The molecule has 84 valence electrons. The zero-order valence-electron chi connectivity index (χ0n) is 9.95. The van der Waals surface area contributed by atoms with E-state index in [4.69, 9.17) is 0 Å². The zero-order valence-corrected chi connectivity index (χ0v) is 9.95. The molecule has 1 heteroatoms. The van der Waals surface area contributed by atoms with Crippen LogP contribution in [0.3, 0.4) is 0 Å². The van der Waals surface area contributed by atoms with Crippen LogP contribution in [-0.4, -0.2) is 13.1 Å². The van der Waals surface area contributed by atoms with E-state index in [9.17, 15) is 0 Å². The first kappa shape index (κ1) is 12.3. The number of rotatable bonds is 6. The molecule has 0 fully saturated rings. The maximum Gasteiger partial charge on any atom is 0.0377 e. The summed E-state index contributed by atoms with van der Waals surface area (Å²) in [7, 11) is 0. The quantitative estimate of drug-likeness (QED) is 0.648. The summed E-state index contributed by atoms with van der Waals surface area (Å²) in [5.41, 5.74) is 3.44. The normalized spacial score (nSPS) is 9.56. The van der Waals surface area contributed by atoms with E-state index in [2.05, 4.69) is 48.9 Å². The van der Waals surface area contributed by atoms with E-state index < -0.39 is 0 Å². The van der Waals surface area contributed by atoms with E-state index >= 15 is 0 Å². The minimum absolute atomic E-state index is 0.825. The lowest BCUT2D eigenvalue weighted by Gasteiger charge is -2.22. The minimum Gasteiger partial charge on any atom is -0.364 e. The Kier molecular flexibility index (Phi) is 4.59. The van der Waals surface area contributed by atoms with Crippen LogP contribution in [0.1, 0.15) is 12.5 Å². The first-order valence-corrected chi connectivity index (χ1v) is 5.41. The molecular formula is C15H19N. The van der Waals surface area contributed by atoms with Gasteiger partial charge in [-0.2, -0.15) is 0 Å². The molecule has 0 saturated heterocycles. The highest BCUT2D eigenvalue weighted by molar-refractivity contribution is 5.66. The van der Waals surface area contributed by atoms with Crippen molar-refractivity contribution in [2.45, 2.75) is 6.92 Å². The third-order valence-electron chi connectivity index (χ3n) is 2.40. The first-order valence-electron chi connectivity index (χ1n) is 5.41. The predicted molar refractivity (Wildman–Crippen MR) is 73.8 cm³/mol. The van der Waals surface area contributed by atoms with Gasteiger partial charge in [-0.25, -0.2) is 0 Å². The summed E-state index contributed by atoms with van der Waals surface area (Å²) in [6, 6.07) is 8.37. The molecule has 0 aliphatic carbocycles. The van der Waals surface area contributed by atoms with Crippen LogP contribution in [0, 0.1) is 0 Å². The van der Waals surface area contributed by atoms with Crippen LogP contribution in [0.5, 0.6) is 0 Å². The van der Waals surface area contributed by atoms with Crippen molar-refractivity contribution >= 4 is 11.3 Å². The number of nitrogens with zero attached hydrogens (tertiary/aromatic N) is 1. The molecule has 0 saturated carbocycles. The molecule has 0 heterocycles. The van der Waals surface area contributed by atoms with Crippen molar-refractivity contribution in [2.24, 2.45) is 0 Å². The van der Waals surface area contributed by atoms with Gasteiger partial charge < -0.3 is 4.90 Å². The van der Waals surface area contributed by atoms with Crippen LogP contribution in [0.4, 0.5) is 5.69 Å². The molecule has 1 aromatic carbocycles. The van der Waals surface area contributed by atoms with E-state index in [1.165, 1.54) is 11.3 Å². The number of allylic oxidation sites excluding steroid dienone is 1. The summed E-state index contributed by atoms with van der Waals surface area (Å²) in [5.74, 6) is 0. The lowest BCUT2D eigenvalue weighted by atomic mass is 10.1. The molecule has 1 nitrogen and oxygen atoms in total. The lowest BCUT2D eigenvalue weighted by molar-refractivity contribution is 0.956. The Morgan fingerprint density at radius 3 is 2.38 bits per heavy atom. The Morgan fingerprint density at radius 1 is 1.25 bits per heavy atom. The molecule has 1 rings (SSSR count). The van der Waals surface area contributed by atoms with Crippen molar-refractivity contribution in [3.8, 4) is 0 Å². The molecule has 0 bridgehead atoms. The topological polar surface area (TPSA) is 3.24 Å². The van der Waals surface area contributed by atoms with Gasteiger partial charge in [-0.3, -0.25) is 0 Å². The van der Waals surface area contributed by atoms with Gasteiger partial charge in [0.1, 0.15) is 0 Å². The van der Waals surface area contributed by atoms with Gasteiger partial charge in [-0.05, 0) is 24.6 Å². The fourth-order valence-electron chi connectivity index (χ4n) is 1.57. The third-order valence-corrected chi connectivity index (χ3v) is 2.40. The van der Waals surface area contributed by atoms with Gasteiger partial charge in [0.15, 0.2) is 0 Å². The molecule has 0 atom stereocenters. The number of hydrogen-bond acceptors (Lipinski definition) is 1. The summed E-state index contributed by atoms with van der Waals surface area (Å²) < 4.78 is 0. The minimum atomic E-state index is 0.825. The Morgan fingerprint density at radius 2 is 1.88 bits per heavy atom. The van der Waals surface area contributed by atoms with Crippen molar-refractivity contribution in [2.75, 3.05) is 18.0 Å². The predicted octanol–water partition coefficient (Wildman–Crippen LogP) is 3.90. The maximum absolute atomic E-state index is 3.96. The summed E-state index contributed by atoms with van der Waals surface area (Å²) in [6.45, 7) is 15.2. The Hall–Kier alpha value is -1.76. The van der Waals surface area contributed by atoms with Gasteiger partial charge in [0, 0.05) is 18.8 Å². The van der Waals surface area contributed by atoms with Crippen molar-refractivity contribution in [1.29, 1.82) is 0 Å². The maximum atomic E-state index is 3.96. The van der Waals surface area contributed by atoms with Crippen LogP contribution < -0.4 is 4.90 Å². The Labute approximate surface area is 98.4 Å². The second-order valence-corrected chi connectivity index (χ2v) is 3.81. The van der Waals surface area contributed by atoms with Crippen molar-refractivity contribution in [3.05, 3.63) is 61.7 Å². The highest BCUT2D eigenvalue weighted by atomic mass is 15.1. The van der Waals surface area contributed by atoms with Crippen LogP contribution in [0.25, 0.3) is 5.57 Å². The van der Waals surface area contributed by atoms with Crippen LogP contribution in [-0.2, 0) is 0 Å². The van der Waals surface area contributed by atoms with E-state index in [0.29, 0.717) is 0 Å². The SMILES string of the molecule is C=CCN(CC=C)c1cccc(C(=C)C)c1. The second-order valence-electron chi connectivity index (χ2n) is 3.81. The summed E-state index contributed by atoms with van der Waals surface area (Å²) in [6.07, 6.45) is 3.80. The fourth-order valence-corrected chi connectivity index (χ4v) is 1.57. The monoisotopic (exact) mass is 213 g/mol. The number of hydrogen-bond donors (Lipinski definition) is 0. The summed E-state index contributed by atoms with van der Waals surface area (Å²) >= 11 is 0. The van der Waals surface area contributed by atoms with E-state index in [1.807, 2.05) is 19.1 Å². The van der Waals surface area contributed by atoms with Crippen molar-refractivity contribution in [3.63, 3.8) is 0 Å². The zero-order chi connectivity index (χ0) is 12.0. The highest BCUT2D eigenvalue weighted by Gasteiger charge is 2.03. The Balaban J connectivity index is 2.98. The van der Waals surface area contributed by atoms with Gasteiger partial charge in [0.25, 0.3) is 0 Å². The standard InChI is InChI=1S/C15H19N/c1-5-10-16(11-6-2)15-9-7-8-14(12-15)13(3)4/h5-9,12H,1-3,10-11H2,4H3. The van der Waals surface area contributed by atoms with Crippen LogP contribution in [0.2, 0.25) is 0 Å². The molecule has 0 N–H and O–H groups in total. The smallest absolute Gasteiger partial charge is 0.0377 e. The van der Waals surface area contributed by atoms with E-state index in [-0.39, 0.29) is 0 Å². The first-order chi connectivity index (χ1) is 7.69. The molecule has 0 radical (unpaired) electrons. The van der Waals surface area contributed by atoms with Crippen LogP contribution >= 0.6 is 0 Å². The molecule has 0 aliphatic heterocycles. The molecule has 0 amide bonds. The molecule has 16 heavy (non-hydrogen) atoms. The summed E-state index contributed by atoms with van der Waals surface area (Å²) in [5, 5.41) is 0. The highest BCUT2D eigenvalue weighted by Crippen LogP contribution is 2.20. The molecule has 0 aliphatic rings. The third kappa shape index (κ3) is 3.13. The number of benzene rings is 1. The fraction of sp³-hybridized carbons (Fsp3) is 0.200. The van der Waals surface area contributed by atoms with Crippen molar-refractivity contribution in [1.82, 2.24) is 0 Å². The number of anilines is 1. The molecular weight excluding hydrogens is 194 g/mol. The molecule has 1 aromatic rings. The average Bonchev–Trinajstić information content (AvgIpc) is 2.29. The van der Waals surface area contributed by atoms with E-state index in [1.54, 1.807) is 0 Å². The Bertz CT molecular complexity index is 380. The second kappa shape index (κ2) is 5.96. The molecule has 0 aromatic heterocycles. The lowest BCUT2D eigenvalue weighted by Crippen LogP contribution is -2.22. The molecule has 0 unspecified atom stereocenters. The average molecular weight is 213 g/mol. The summed E-state index contributed by atoms with van der Waals surface area (Å²) in [4.78, 5) is 2.21. The van der Waals surface area contributed by atoms with Gasteiger partial charge in [-0.1, -0.05) is 36.4 Å². The van der Waals surface area contributed by atoms with E-state index in [0.717, 1.165) is 18.7 Å². The van der Waals surface area contributed by atoms with Gasteiger partial charge in [-0.15, -0.1) is 13.2 Å².